The van der Waals surface area contributed by atoms with E-state index in [2.05, 4.69) is 19.2 Å². The highest BCUT2D eigenvalue weighted by Gasteiger charge is 2.50. The van der Waals surface area contributed by atoms with Crippen LogP contribution in [-0.2, 0) is 15.1 Å². The summed E-state index contributed by atoms with van der Waals surface area (Å²) in [6.07, 6.45) is 1.08. The lowest BCUT2D eigenvalue weighted by atomic mass is 9.91. The number of halogens is 1. The van der Waals surface area contributed by atoms with E-state index in [1.54, 1.807) is 36.1 Å². The molecule has 2 fully saturated rings. The summed E-state index contributed by atoms with van der Waals surface area (Å²) in [5.41, 5.74) is -0.742. The van der Waals surface area contributed by atoms with E-state index in [1.807, 2.05) is 0 Å². The van der Waals surface area contributed by atoms with Crippen molar-refractivity contribution in [2.75, 3.05) is 19.6 Å². The summed E-state index contributed by atoms with van der Waals surface area (Å²) in [5.74, 6) is 0.177. The fourth-order valence-corrected chi connectivity index (χ4v) is 4.32. The van der Waals surface area contributed by atoms with Gasteiger partial charge in [0.1, 0.15) is 12.1 Å². The molecule has 0 bridgehead atoms. The van der Waals surface area contributed by atoms with Gasteiger partial charge in [0, 0.05) is 23.7 Å². The van der Waals surface area contributed by atoms with E-state index in [-0.39, 0.29) is 12.5 Å². The summed E-state index contributed by atoms with van der Waals surface area (Å²) in [7, 11) is 0. The maximum absolute atomic E-state index is 13.0. The molecule has 2 aliphatic rings. The number of nitrogens with one attached hydrogen (secondary N) is 1. The van der Waals surface area contributed by atoms with Gasteiger partial charge in [0.2, 0.25) is 5.91 Å². The highest BCUT2D eigenvalue weighted by molar-refractivity contribution is 6.32. The van der Waals surface area contributed by atoms with Crippen LogP contribution in [0.2, 0.25) is 5.02 Å². The fraction of sp³-hybridized carbons (Fsp3) is 0.526. The fourth-order valence-electron chi connectivity index (χ4n) is 3.99. The Hall–Kier alpha value is -2.08. The zero-order chi connectivity index (χ0) is 19.1. The molecule has 0 spiro atoms. The molecule has 1 aromatic rings. The Morgan fingerprint density at radius 1 is 1.23 bits per heavy atom. The quantitative estimate of drug-likeness (QED) is 0.823. The Bertz CT molecular complexity index is 743. The van der Waals surface area contributed by atoms with Crippen LogP contribution in [0.4, 0.5) is 4.79 Å². The Kier molecular flexibility index (Phi) is 4.97. The maximum Gasteiger partial charge on any atom is 0.325 e. The van der Waals surface area contributed by atoms with Crippen LogP contribution in [0.5, 0.6) is 0 Å². The van der Waals surface area contributed by atoms with Crippen LogP contribution < -0.4 is 5.32 Å². The lowest BCUT2D eigenvalue weighted by Gasteiger charge is -2.35. The van der Waals surface area contributed by atoms with Crippen molar-refractivity contribution in [3.63, 3.8) is 0 Å². The average molecular weight is 378 g/mol. The van der Waals surface area contributed by atoms with Crippen molar-refractivity contribution >= 4 is 29.4 Å². The molecule has 0 unspecified atom stereocenters. The van der Waals surface area contributed by atoms with Crippen molar-refractivity contribution < 1.29 is 14.4 Å². The van der Waals surface area contributed by atoms with E-state index < -0.39 is 17.5 Å². The van der Waals surface area contributed by atoms with Crippen molar-refractivity contribution in [1.29, 1.82) is 0 Å². The van der Waals surface area contributed by atoms with Gasteiger partial charge in [0.05, 0.1) is 0 Å². The molecule has 2 aliphatic heterocycles. The molecule has 0 radical (unpaired) electrons. The van der Waals surface area contributed by atoms with Crippen molar-refractivity contribution in [2.24, 2.45) is 11.8 Å². The maximum atomic E-state index is 13.0. The normalized spacial score (nSPS) is 29.1. The number of carbonyl (C=O) groups excluding carboxylic acids is 3. The predicted octanol–water partition coefficient (Wildman–Crippen LogP) is 2.61. The number of hydrogen-bond acceptors (Lipinski definition) is 3. The molecule has 7 heteroatoms. The number of rotatable bonds is 3. The Labute approximate surface area is 158 Å². The van der Waals surface area contributed by atoms with Gasteiger partial charge in [-0.25, -0.2) is 4.79 Å². The largest absolute Gasteiger partial charge is 0.341 e. The van der Waals surface area contributed by atoms with Crippen LogP contribution >= 0.6 is 11.6 Å². The third-order valence-electron chi connectivity index (χ3n) is 5.20. The highest BCUT2D eigenvalue weighted by atomic mass is 35.5. The van der Waals surface area contributed by atoms with Crippen LogP contribution in [0.15, 0.2) is 24.3 Å². The van der Waals surface area contributed by atoms with E-state index >= 15 is 0 Å². The topological polar surface area (TPSA) is 69.7 Å². The third-order valence-corrected chi connectivity index (χ3v) is 5.53. The molecule has 26 heavy (non-hydrogen) atoms. The van der Waals surface area contributed by atoms with Gasteiger partial charge in [0.25, 0.3) is 5.91 Å². The molecule has 3 rings (SSSR count). The number of carbonyl (C=O) groups is 3. The zero-order valence-corrected chi connectivity index (χ0v) is 16.0. The standard InChI is InChI=1S/C19H24ClN3O3/c1-12-8-13(2)10-22(9-12)16(24)11-23-17(25)19(3,21-18(23)26)14-6-4-5-7-15(14)20/h4-7,12-13H,8-11H2,1-3H3,(H,21,26)/t12-,13+,19-/m1/s1. The number of urea groups is 1. The number of imide groups is 1. The summed E-state index contributed by atoms with van der Waals surface area (Å²) in [5, 5.41) is 3.09. The second kappa shape index (κ2) is 6.91. The Balaban J connectivity index is 1.77. The molecule has 1 aromatic carbocycles. The van der Waals surface area contributed by atoms with Gasteiger partial charge in [-0.15, -0.1) is 0 Å². The number of nitrogens with zero attached hydrogens (tertiary/aromatic N) is 2. The monoisotopic (exact) mass is 377 g/mol. The van der Waals surface area contributed by atoms with E-state index in [9.17, 15) is 14.4 Å². The summed E-state index contributed by atoms with van der Waals surface area (Å²) in [6.45, 7) is 6.91. The van der Waals surface area contributed by atoms with Gasteiger partial charge in [-0.3, -0.25) is 14.5 Å². The first kappa shape index (κ1) is 18.7. The van der Waals surface area contributed by atoms with Gasteiger partial charge in [0.15, 0.2) is 0 Å². The lowest BCUT2D eigenvalue weighted by Crippen LogP contribution is -2.48. The van der Waals surface area contributed by atoms with Crippen LogP contribution in [0.3, 0.4) is 0 Å². The predicted molar refractivity (Wildman–Crippen MR) is 98.6 cm³/mol. The number of hydrogen-bond donors (Lipinski definition) is 1. The minimum absolute atomic E-state index is 0.199. The zero-order valence-electron chi connectivity index (χ0n) is 15.3. The van der Waals surface area contributed by atoms with Gasteiger partial charge in [-0.2, -0.15) is 0 Å². The smallest absolute Gasteiger partial charge is 0.325 e. The van der Waals surface area contributed by atoms with E-state index in [0.29, 0.717) is 35.5 Å². The minimum atomic E-state index is -1.27. The van der Waals surface area contributed by atoms with Crippen molar-refractivity contribution in [3.8, 4) is 0 Å². The van der Waals surface area contributed by atoms with E-state index in [4.69, 9.17) is 11.6 Å². The molecule has 2 heterocycles. The van der Waals surface area contributed by atoms with Crippen LogP contribution in [-0.4, -0.2) is 47.3 Å². The summed E-state index contributed by atoms with van der Waals surface area (Å²) >= 11 is 6.22. The second-order valence-electron chi connectivity index (χ2n) is 7.67. The molecule has 0 aromatic heterocycles. The molecule has 1 N–H and O–H groups in total. The minimum Gasteiger partial charge on any atom is -0.341 e. The average Bonchev–Trinajstić information content (AvgIpc) is 2.78. The molecule has 3 atom stereocenters. The molecule has 4 amide bonds. The van der Waals surface area contributed by atoms with Gasteiger partial charge in [-0.1, -0.05) is 43.6 Å². The van der Waals surface area contributed by atoms with Crippen LogP contribution in [0, 0.1) is 11.8 Å². The van der Waals surface area contributed by atoms with Crippen molar-refractivity contribution in [1.82, 2.24) is 15.1 Å². The van der Waals surface area contributed by atoms with E-state index in [0.717, 1.165) is 11.3 Å². The first-order valence-electron chi connectivity index (χ1n) is 8.89. The lowest BCUT2D eigenvalue weighted by molar-refractivity contribution is -0.140. The first-order valence-corrected chi connectivity index (χ1v) is 9.27. The van der Waals surface area contributed by atoms with Crippen LogP contribution in [0.25, 0.3) is 0 Å². The summed E-state index contributed by atoms with van der Waals surface area (Å²) in [6, 6.07) is 6.34. The number of piperidine rings is 1. The van der Waals surface area contributed by atoms with Gasteiger partial charge >= 0.3 is 6.03 Å². The number of likely N-dealkylation sites (tertiary alicyclic amines) is 1. The molecular weight excluding hydrogens is 354 g/mol. The van der Waals surface area contributed by atoms with Crippen molar-refractivity contribution in [2.45, 2.75) is 32.7 Å². The van der Waals surface area contributed by atoms with Gasteiger partial charge < -0.3 is 10.2 Å². The van der Waals surface area contributed by atoms with Gasteiger partial charge in [-0.05, 0) is 31.2 Å². The molecule has 140 valence electrons. The Morgan fingerprint density at radius 2 is 1.85 bits per heavy atom. The molecule has 0 saturated carbocycles. The number of amides is 4. The Morgan fingerprint density at radius 3 is 2.46 bits per heavy atom. The third kappa shape index (κ3) is 3.30. The first-order chi connectivity index (χ1) is 12.2. The van der Waals surface area contributed by atoms with Crippen molar-refractivity contribution in [3.05, 3.63) is 34.9 Å². The van der Waals surface area contributed by atoms with Crippen LogP contribution in [0.1, 0.15) is 32.8 Å². The molecule has 6 nitrogen and oxygen atoms in total. The summed E-state index contributed by atoms with van der Waals surface area (Å²) in [4.78, 5) is 40.8. The highest BCUT2D eigenvalue weighted by Crippen LogP contribution is 2.33. The number of benzene rings is 1. The molecular formula is C19H24ClN3O3. The summed E-state index contributed by atoms with van der Waals surface area (Å²) < 4.78 is 0. The molecule has 0 aliphatic carbocycles. The molecule has 2 saturated heterocycles. The SMILES string of the molecule is C[C@@H]1C[C@H](C)CN(C(=O)CN2C(=O)N[C@](C)(c3ccccc3Cl)C2=O)C1. The van der Waals surface area contributed by atoms with E-state index in [1.165, 1.54) is 0 Å². The second-order valence-corrected chi connectivity index (χ2v) is 8.08.